The first-order valence-electron chi connectivity index (χ1n) is 7.85. The molecule has 126 valence electrons. The van der Waals surface area contributed by atoms with E-state index in [1.165, 1.54) is 0 Å². The topological polar surface area (TPSA) is 67.4 Å². The fourth-order valence-electron chi connectivity index (χ4n) is 2.21. The van der Waals surface area contributed by atoms with E-state index in [1.807, 2.05) is 31.2 Å². The third-order valence-corrected chi connectivity index (χ3v) is 3.50. The van der Waals surface area contributed by atoms with Crippen molar-refractivity contribution in [3.05, 3.63) is 65.2 Å². The van der Waals surface area contributed by atoms with Crippen LogP contribution in [0.1, 0.15) is 41.3 Å². The molecule has 5 nitrogen and oxygen atoms in total. The van der Waals surface area contributed by atoms with E-state index in [2.05, 4.69) is 24.7 Å². The molecule has 0 aliphatic carbocycles. The number of aryl methyl sites for hydroxylation is 1. The van der Waals surface area contributed by atoms with E-state index in [9.17, 15) is 9.59 Å². The molecule has 0 atom stereocenters. The third-order valence-electron chi connectivity index (χ3n) is 3.50. The minimum atomic E-state index is -0.421. The zero-order chi connectivity index (χ0) is 17.5. The van der Waals surface area contributed by atoms with Crippen LogP contribution in [-0.4, -0.2) is 18.4 Å². The number of hydrogen-bond donors (Lipinski definition) is 2. The number of carbonyl (C=O) groups is 2. The normalized spacial score (nSPS) is 10.3. The highest BCUT2D eigenvalue weighted by Crippen LogP contribution is 2.27. The molecule has 0 aromatic heterocycles. The van der Waals surface area contributed by atoms with Crippen LogP contribution in [-0.2, 0) is 4.79 Å². The molecule has 2 rings (SSSR count). The van der Waals surface area contributed by atoms with Crippen molar-refractivity contribution in [1.82, 2.24) is 10.9 Å². The minimum absolute atomic E-state index is 0.168. The van der Waals surface area contributed by atoms with Crippen LogP contribution in [0.3, 0.4) is 0 Å². The molecule has 2 aromatic rings. The summed E-state index contributed by atoms with van der Waals surface area (Å²) in [6.07, 6.45) is 0. The molecule has 0 spiro atoms. The van der Waals surface area contributed by atoms with Crippen LogP contribution >= 0.6 is 0 Å². The number of ether oxygens (including phenoxy) is 1. The molecule has 5 heteroatoms. The molecule has 0 fully saturated rings. The Balaban J connectivity index is 1.88. The van der Waals surface area contributed by atoms with Crippen molar-refractivity contribution in [3.63, 3.8) is 0 Å². The van der Waals surface area contributed by atoms with Gasteiger partial charge in [-0.05, 0) is 42.2 Å². The Morgan fingerprint density at radius 1 is 1.04 bits per heavy atom. The summed E-state index contributed by atoms with van der Waals surface area (Å²) in [4.78, 5) is 23.7. The highest BCUT2D eigenvalue weighted by atomic mass is 16.5. The van der Waals surface area contributed by atoms with Gasteiger partial charge in [-0.15, -0.1) is 0 Å². The van der Waals surface area contributed by atoms with Gasteiger partial charge < -0.3 is 4.74 Å². The van der Waals surface area contributed by atoms with E-state index in [4.69, 9.17) is 4.74 Å². The van der Waals surface area contributed by atoms with E-state index in [1.54, 1.807) is 24.3 Å². The number of amides is 2. The molecular formula is C19H22N2O3. The van der Waals surface area contributed by atoms with Crippen LogP contribution in [0, 0.1) is 6.92 Å². The Hall–Kier alpha value is -2.82. The summed E-state index contributed by atoms with van der Waals surface area (Å²) >= 11 is 0. The lowest BCUT2D eigenvalue weighted by Gasteiger charge is -2.15. The number of rotatable bonds is 5. The summed E-state index contributed by atoms with van der Waals surface area (Å²) in [6, 6.07) is 14.6. The molecular weight excluding hydrogens is 304 g/mol. The average Bonchev–Trinajstić information content (AvgIpc) is 2.58. The highest BCUT2D eigenvalue weighted by Gasteiger charge is 2.11. The first-order chi connectivity index (χ1) is 11.5. The van der Waals surface area contributed by atoms with Crippen molar-refractivity contribution in [2.24, 2.45) is 0 Å². The van der Waals surface area contributed by atoms with E-state index >= 15 is 0 Å². The number of hydrazine groups is 1. The molecule has 2 N–H and O–H groups in total. The largest absolute Gasteiger partial charge is 0.483 e. The van der Waals surface area contributed by atoms with Crippen molar-refractivity contribution in [2.45, 2.75) is 26.7 Å². The van der Waals surface area contributed by atoms with Crippen LogP contribution in [0.15, 0.2) is 48.5 Å². The molecule has 0 unspecified atom stereocenters. The molecule has 0 radical (unpaired) electrons. The number of nitrogens with one attached hydrogen (secondary N) is 2. The summed E-state index contributed by atoms with van der Waals surface area (Å²) in [5, 5.41) is 0. The van der Waals surface area contributed by atoms with E-state index < -0.39 is 5.91 Å². The second kappa shape index (κ2) is 8.15. The van der Waals surface area contributed by atoms with Gasteiger partial charge in [0.15, 0.2) is 6.61 Å². The minimum Gasteiger partial charge on any atom is -0.483 e. The molecule has 2 aromatic carbocycles. The molecule has 2 amide bonds. The summed E-state index contributed by atoms with van der Waals surface area (Å²) < 4.78 is 5.62. The smallest absolute Gasteiger partial charge is 0.276 e. The van der Waals surface area contributed by atoms with E-state index in [0.29, 0.717) is 17.2 Å². The van der Waals surface area contributed by atoms with Crippen LogP contribution < -0.4 is 15.6 Å². The van der Waals surface area contributed by atoms with E-state index in [0.717, 1.165) is 11.1 Å². The maximum absolute atomic E-state index is 11.9. The van der Waals surface area contributed by atoms with Crippen molar-refractivity contribution >= 4 is 11.8 Å². The Morgan fingerprint density at radius 2 is 1.75 bits per heavy atom. The van der Waals surface area contributed by atoms with E-state index in [-0.39, 0.29) is 12.5 Å². The zero-order valence-electron chi connectivity index (χ0n) is 14.1. The van der Waals surface area contributed by atoms with Gasteiger partial charge in [0.25, 0.3) is 11.8 Å². The van der Waals surface area contributed by atoms with Crippen LogP contribution in [0.4, 0.5) is 0 Å². The zero-order valence-corrected chi connectivity index (χ0v) is 14.1. The Bertz CT molecular complexity index is 712. The molecule has 0 aliphatic rings. The van der Waals surface area contributed by atoms with Crippen molar-refractivity contribution in [3.8, 4) is 5.75 Å². The molecule has 0 saturated carbocycles. The first kappa shape index (κ1) is 17.5. The highest BCUT2D eigenvalue weighted by molar-refractivity contribution is 5.95. The average molecular weight is 326 g/mol. The maximum atomic E-state index is 11.9. The SMILES string of the molecule is Cc1ccc(C(C)C)c(OCC(=O)NNC(=O)c2ccccc2)c1. The predicted octanol–water partition coefficient (Wildman–Crippen LogP) is 2.96. The second-order valence-electron chi connectivity index (χ2n) is 5.85. The van der Waals surface area contributed by atoms with Gasteiger partial charge in [0.2, 0.25) is 0 Å². The quantitative estimate of drug-likeness (QED) is 0.830. The van der Waals surface area contributed by atoms with Gasteiger partial charge in [-0.25, -0.2) is 0 Å². The van der Waals surface area contributed by atoms with Gasteiger partial charge >= 0.3 is 0 Å². The molecule has 0 heterocycles. The van der Waals surface area contributed by atoms with Crippen LogP contribution in [0.2, 0.25) is 0 Å². The molecule has 0 saturated heterocycles. The molecule has 24 heavy (non-hydrogen) atoms. The van der Waals surface area contributed by atoms with Gasteiger partial charge in [-0.1, -0.05) is 44.2 Å². The standard InChI is InChI=1S/C19H22N2O3/c1-13(2)16-10-9-14(3)11-17(16)24-12-18(22)20-21-19(23)15-7-5-4-6-8-15/h4-11,13H,12H2,1-3H3,(H,20,22)(H,21,23). The van der Waals surface area contributed by atoms with Crippen LogP contribution in [0.5, 0.6) is 5.75 Å². The number of benzene rings is 2. The Morgan fingerprint density at radius 3 is 2.42 bits per heavy atom. The fourth-order valence-corrected chi connectivity index (χ4v) is 2.21. The van der Waals surface area contributed by atoms with Gasteiger partial charge in [0, 0.05) is 5.56 Å². The second-order valence-corrected chi connectivity index (χ2v) is 5.85. The van der Waals surface area contributed by atoms with Gasteiger partial charge in [0.05, 0.1) is 0 Å². The van der Waals surface area contributed by atoms with Crippen molar-refractivity contribution < 1.29 is 14.3 Å². The maximum Gasteiger partial charge on any atom is 0.276 e. The van der Waals surface area contributed by atoms with Crippen LogP contribution in [0.25, 0.3) is 0 Å². The van der Waals surface area contributed by atoms with Crippen molar-refractivity contribution in [1.29, 1.82) is 0 Å². The first-order valence-corrected chi connectivity index (χ1v) is 7.85. The lowest BCUT2D eigenvalue weighted by atomic mass is 10.0. The summed E-state index contributed by atoms with van der Waals surface area (Å²) in [5.41, 5.74) is 7.29. The number of carbonyl (C=O) groups excluding carboxylic acids is 2. The predicted molar refractivity (Wildman–Crippen MR) is 92.8 cm³/mol. The lowest BCUT2D eigenvalue weighted by Crippen LogP contribution is -2.43. The molecule has 0 aliphatic heterocycles. The fraction of sp³-hybridized carbons (Fsp3) is 0.263. The summed E-state index contributed by atoms with van der Waals surface area (Å²) in [7, 11) is 0. The summed E-state index contributed by atoms with van der Waals surface area (Å²) in [5.74, 6) is 0.189. The summed E-state index contributed by atoms with van der Waals surface area (Å²) in [6.45, 7) is 5.94. The number of hydrogen-bond acceptors (Lipinski definition) is 3. The monoisotopic (exact) mass is 326 g/mol. The Kier molecular flexibility index (Phi) is 5.95. The van der Waals surface area contributed by atoms with Gasteiger partial charge in [0.1, 0.15) is 5.75 Å². The lowest BCUT2D eigenvalue weighted by molar-refractivity contribution is -0.123. The van der Waals surface area contributed by atoms with Crippen molar-refractivity contribution in [2.75, 3.05) is 6.61 Å². The van der Waals surface area contributed by atoms with Gasteiger partial charge in [-0.3, -0.25) is 20.4 Å². The Labute approximate surface area is 142 Å². The van der Waals surface area contributed by atoms with Gasteiger partial charge in [-0.2, -0.15) is 0 Å². The molecule has 0 bridgehead atoms. The third kappa shape index (κ3) is 4.84.